The zero-order valence-electron chi connectivity index (χ0n) is 11.7. The van der Waals surface area contributed by atoms with Gasteiger partial charge in [0, 0.05) is 17.4 Å². The topological polar surface area (TPSA) is 68.1 Å². The molecule has 3 N–H and O–H groups in total. The summed E-state index contributed by atoms with van der Waals surface area (Å²) in [6, 6.07) is 15.2. The van der Waals surface area contributed by atoms with Crippen LogP contribution < -0.4 is 15.9 Å². The molecule has 0 amide bonds. The largest absolute Gasteiger partial charge is 0.495 e. The highest BCUT2D eigenvalue weighted by Crippen LogP contribution is 2.24. The van der Waals surface area contributed by atoms with Crippen LogP contribution in [0.25, 0.3) is 10.9 Å². The average molecular weight is 280 g/mol. The number of pyridine rings is 1. The van der Waals surface area contributed by atoms with Crippen LogP contribution in [0.1, 0.15) is 11.1 Å². The van der Waals surface area contributed by atoms with Crippen LogP contribution in [0.5, 0.6) is 5.75 Å². The Morgan fingerprint density at radius 3 is 2.57 bits per heavy atom. The molecule has 3 rings (SSSR count). The van der Waals surface area contributed by atoms with Gasteiger partial charge in [-0.1, -0.05) is 36.4 Å². The molecule has 0 bridgehead atoms. The Morgan fingerprint density at radius 2 is 1.86 bits per heavy atom. The van der Waals surface area contributed by atoms with Crippen molar-refractivity contribution in [3.63, 3.8) is 0 Å². The molecule has 21 heavy (non-hydrogen) atoms. The summed E-state index contributed by atoms with van der Waals surface area (Å²) in [5, 5.41) is 0.592. The molecule has 2 aromatic carbocycles. The molecule has 3 aromatic rings. The number of aromatic amines is 1. The van der Waals surface area contributed by atoms with Gasteiger partial charge in [0.1, 0.15) is 11.6 Å². The fraction of sp³-hybridized carbons (Fsp3) is 0.118. The van der Waals surface area contributed by atoms with Crippen LogP contribution in [0.2, 0.25) is 0 Å². The summed E-state index contributed by atoms with van der Waals surface area (Å²) < 4.78 is 5.27. The molecule has 0 aliphatic heterocycles. The lowest BCUT2D eigenvalue weighted by atomic mass is 10.0. The van der Waals surface area contributed by atoms with E-state index in [1.165, 1.54) is 0 Å². The molecular weight excluding hydrogens is 264 g/mol. The van der Waals surface area contributed by atoms with Gasteiger partial charge in [0.05, 0.1) is 12.6 Å². The van der Waals surface area contributed by atoms with Crippen LogP contribution in [-0.4, -0.2) is 12.1 Å². The number of rotatable bonds is 3. The standard InChI is InChI=1S/C17H16N2O2/c1-21-14-9-5-8-12-15(14)19-17(18)13(16(12)20)10-11-6-3-2-4-7-11/h2-9H,10H2,1H3,(H3,18,19,20). The molecule has 0 saturated heterocycles. The number of nitrogen functional groups attached to an aromatic ring is 1. The van der Waals surface area contributed by atoms with Gasteiger partial charge in [0.2, 0.25) is 0 Å². The molecule has 4 nitrogen and oxygen atoms in total. The van der Waals surface area contributed by atoms with Gasteiger partial charge in [-0.05, 0) is 17.7 Å². The second kappa shape index (κ2) is 5.32. The highest BCUT2D eigenvalue weighted by atomic mass is 16.5. The van der Waals surface area contributed by atoms with E-state index in [0.29, 0.717) is 34.5 Å². The lowest BCUT2D eigenvalue weighted by molar-refractivity contribution is 0.419. The molecule has 1 aromatic heterocycles. The van der Waals surface area contributed by atoms with E-state index in [9.17, 15) is 4.79 Å². The summed E-state index contributed by atoms with van der Waals surface area (Å²) in [4.78, 5) is 15.8. The zero-order chi connectivity index (χ0) is 14.8. The molecule has 4 heteroatoms. The number of hydrogen-bond donors (Lipinski definition) is 2. The van der Waals surface area contributed by atoms with Gasteiger partial charge < -0.3 is 15.5 Å². The van der Waals surface area contributed by atoms with Crippen LogP contribution in [-0.2, 0) is 6.42 Å². The molecule has 0 radical (unpaired) electrons. The number of ether oxygens (including phenoxy) is 1. The first-order chi connectivity index (χ1) is 10.2. The summed E-state index contributed by atoms with van der Waals surface area (Å²) in [7, 11) is 1.57. The van der Waals surface area contributed by atoms with Crippen molar-refractivity contribution >= 4 is 16.7 Å². The third kappa shape index (κ3) is 2.36. The average Bonchev–Trinajstić information content (AvgIpc) is 2.52. The first-order valence-corrected chi connectivity index (χ1v) is 6.72. The molecule has 0 spiro atoms. The molecule has 0 fully saturated rings. The number of methoxy groups -OCH3 is 1. The van der Waals surface area contributed by atoms with Crippen molar-refractivity contribution in [3.8, 4) is 5.75 Å². The fourth-order valence-corrected chi connectivity index (χ4v) is 2.49. The maximum absolute atomic E-state index is 12.7. The number of benzene rings is 2. The summed E-state index contributed by atoms with van der Waals surface area (Å²) >= 11 is 0. The number of nitrogens with one attached hydrogen (secondary N) is 1. The predicted molar refractivity (Wildman–Crippen MR) is 84.8 cm³/mol. The van der Waals surface area contributed by atoms with E-state index in [4.69, 9.17) is 10.5 Å². The van der Waals surface area contributed by atoms with Crippen molar-refractivity contribution in [3.05, 3.63) is 69.9 Å². The minimum atomic E-state index is -0.0518. The Kier molecular flexibility index (Phi) is 3.36. The van der Waals surface area contributed by atoms with Crippen molar-refractivity contribution in [2.75, 3.05) is 12.8 Å². The molecule has 0 saturated carbocycles. The monoisotopic (exact) mass is 280 g/mol. The minimum Gasteiger partial charge on any atom is -0.495 e. The second-order valence-electron chi connectivity index (χ2n) is 4.89. The normalized spacial score (nSPS) is 10.7. The maximum Gasteiger partial charge on any atom is 0.195 e. The molecule has 106 valence electrons. The Morgan fingerprint density at radius 1 is 1.10 bits per heavy atom. The quantitative estimate of drug-likeness (QED) is 0.775. The van der Waals surface area contributed by atoms with Crippen molar-refractivity contribution in [2.45, 2.75) is 6.42 Å². The third-order valence-corrected chi connectivity index (χ3v) is 3.57. The van der Waals surface area contributed by atoms with Crippen molar-refractivity contribution in [2.24, 2.45) is 0 Å². The number of H-pyrrole nitrogens is 1. The zero-order valence-corrected chi connectivity index (χ0v) is 11.7. The van der Waals surface area contributed by atoms with Gasteiger partial charge in [-0.25, -0.2) is 0 Å². The van der Waals surface area contributed by atoms with Crippen LogP contribution >= 0.6 is 0 Å². The summed E-state index contributed by atoms with van der Waals surface area (Å²) in [5.41, 5.74) is 8.27. The van der Waals surface area contributed by atoms with Crippen LogP contribution in [0, 0.1) is 0 Å². The van der Waals surface area contributed by atoms with E-state index in [2.05, 4.69) is 4.98 Å². The molecule has 0 aliphatic carbocycles. The highest BCUT2D eigenvalue weighted by Gasteiger charge is 2.13. The number of hydrogen-bond acceptors (Lipinski definition) is 3. The SMILES string of the molecule is COc1cccc2c(=O)c(Cc3ccccc3)c(N)[nH]c12. The second-order valence-corrected chi connectivity index (χ2v) is 4.89. The van der Waals surface area contributed by atoms with Gasteiger partial charge in [-0.3, -0.25) is 4.79 Å². The smallest absolute Gasteiger partial charge is 0.195 e. The maximum atomic E-state index is 12.7. The van der Waals surface area contributed by atoms with Crippen molar-refractivity contribution in [1.29, 1.82) is 0 Å². The first-order valence-electron chi connectivity index (χ1n) is 6.72. The number of nitrogens with two attached hydrogens (primary N) is 1. The van der Waals surface area contributed by atoms with Crippen molar-refractivity contribution in [1.82, 2.24) is 4.98 Å². The number of anilines is 1. The molecular formula is C17H16N2O2. The lowest BCUT2D eigenvalue weighted by Gasteiger charge is -2.10. The highest BCUT2D eigenvalue weighted by molar-refractivity contribution is 5.86. The molecule has 0 atom stereocenters. The Hall–Kier alpha value is -2.75. The third-order valence-electron chi connectivity index (χ3n) is 3.57. The Labute approximate surface area is 122 Å². The van der Waals surface area contributed by atoms with Crippen molar-refractivity contribution < 1.29 is 4.74 Å². The van der Waals surface area contributed by atoms with E-state index >= 15 is 0 Å². The summed E-state index contributed by atoms with van der Waals surface area (Å²) in [6.45, 7) is 0. The van der Waals surface area contributed by atoms with E-state index in [1.54, 1.807) is 25.3 Å². The number of para-hydroxylation sites is 1. The number of aromatic nitrogens is 1. The van der Waals surface area contributed by atoms with Crippen LogP contribution in [0.3, 0.4) is 0 Å². The van der Waals surface area contributed by atoms with E-state index < -0.39 is 0 Å². The Bertz CT molecular complexity index is 839. The van der Waals surface area contributed by atoms with E-state index in [0.717, 1.165) is 5.56 Å². The molecule has 0 unspecified atom stereocenters. The Balaban J connectivity index is 2.19. The van der Waals surface area contributed by atoms with Crippen LogP contribution in [0.4, 0.5) is 5.82 Å². The summed E-state index contributed by atoms with van der Waals surface area (Å²) in [5.74, 6) is 1.00. The van der Waals surface area contributed by atoms with Gasteiger partial charge in [0.25, 0.3) is 0 Å². The van der Waals surface area contributed by atoms with E-state index in [-0.39, 0.29) is 5.43 Å². The predicted octanol–water partition coefficient (Wildman–Crippen LogP) is 2.71. The first kappa shape index (κ1) is 13.2. The van der Waals surface area contributed by atoms with Crippen LogP contribution in [0.15, 0.2) is 53.3 Å². The summed E-state index contributed by atoms with van der Waals surface area (Å²) in [6.07, 6.45) is 0.509. The van der Waals surface area contributed by atoms with Gasteiger partial charge in [0.15, 0.2) is 5.43 Å². The van der Waals surface area contributed by atoms with E-state index in [1.807, 2.05) is 30.3 Å². The minimum absolute atomic E-state index is 0.0518. The molecule has 1 heterocycles. The molecule has 0 aliphatic rings. The van der Waals surface area contributed by atoms with Gasteiger partial charge >= 0.3 is 0 Å². The number of fused-ring (bicyclic) bond motifs is 1. The lowest BCUT2D eigenvalue weighted by Crippen LogP contribution is -2.15. The fourth-order valence-electron chi connectivity index (χ4n) is 2.49. The van der Waals surface area contributed by atoms with Gasteiger partial charge in [-0.2, -0.15) is 0 Å². The van der Waals surface area contributed by atoms with Gasteiger partial charge in [-0.15, -0.1) is 0 Å².